The predicted molar refractivity (Wildman–Crippen MR) is 83.1 cm³/mol. The number of thiophene rings is 1. The van der Waals surface area contributed by atoms with Crippen LogP contribution in [-0.4, -0.2) is 0 Å². The predicted octanol–water partition coefficient (Wildman–Crippen LogP) is 5.12. The maximum atomic E-state index is 13.6. The van der Waals surface area contributed by atoms with Gasteiger partial charge in [-0.2, -0.15) is 0 Å². The third-order valence-electron chi connectivity index (χ3n) is 3.12. The van der Waals surface area contributed by atoms with Crippen LogP contribution in [0.15, 0.2) is 28.1 Å². The lowest BCUT2D eigenvalue weighted by Crippen LogP contribution is -2.17. The topological polar surface area (TPSA) is 12.0 Å². The maximum absolute atomic E-state index is 13.6. The molecule has 1 nitrogen and oxygen atoms in total. The molecule has 2 rings (SSSR count). The first-order chi connectivity index (χ1) is 8.97. The van der Waals surface area contributed by atoms with Crippen LogP contribution in [0.25, 0.3) is 0 Å². The Kier molecular flexibility index (Phi) is 4.76. The minimum atomic E-state index is -0.0982. The van der Waals surface area contributed by atoms with Crippen molar-refractivity contribution in [3.05, 3.63) is 55.4 Å². The lowest BCUT2D eigenvalue weighted by molar-refractivity contribution is 0.577. The highest BCUT2D eigenvalue weighted by atomic mass is 79.9. The van der Waals surface area contributed by atoms with Gasteiger partial charge in [-0.25, -0.2) is 4.39 Å². The molecule has 0 bridgehead atoms. The van der Waals surface area contributed by atoms with E-state index in [-0.39, 0.29) is 5.82 Å². The summed E-state index contributed by atoms with van der Waals surface area (Å²) in [6.45, 7) is 6.51. The van der Waals surface area contributed by atoms with Crippen molar-refractivity contribution in [2.45, 2.75) is 33.4 Å². The van der Waals surface area contributed by atoms with Gasteiger partial charge in [0.25, 0.3) is 0 Å². The van der Waals surface area contributed by atoms with Crippen molar-refractivity contribution in [1.29, 1.82) is 0 Å². The first-order valence-electron chi connectivity index (χ1n) is 6.20. The second kappa shape index (κ2) is 6.16. The van der Waals surface area contributed by atoms with Crippen LogP contribution in [0.5, 0.6) is 0 Å². The summed E-state index contributed by atoms with van der Waals surface area (Å²) in [5.74, 6) is -0.0982. The molecule has 4 heteroatoms. The molecule has 1 atom stereocenters. The summed E-state index contributed by atoms with van der Waals surface area (Å²) in [4.78, 5) is 1.29. The van der Waals surface area contributed by atoms with Gasteiger partial charge < -0.3 is 5.32 Å². The summed E-state index contributed by atoms with van der Waals surface area (Å²) in [6, 6.07) is 6.24. The second-order valence-electron chi connectivity index (χ2n) is 4.81. The van der Waals surface area contributed by atoms with Crippen LogP contribution in [0.4, 0.5) is 4.39 Å². The summed E-state index contributed by atoms with van der Waals surface area (Å²) < 4.78 is 14.7. The number of halogens is 2. The molecule has 0 radical (unpaired) electrons. The molecule has 0 spiro atoms. The smallest absolute Gasteiger partial charge is 0.129 e. The van der Waals surface area contributed by atoms with Gasteiger partial charge in [0, 0.05) is 27.3 Å². The fourth-order valence-corrected chi connectivity index (χ4v) is 3.54. The lowest BCUT2D eigenvalue weighted by Gasteiger charge is -2.13. The summed E-state index contributed by atoms with van der Waals surface area (Å²) in [5, 5.41) is 5.55. The molecule has 0 aliphatic carbocycles. The summed E-state index contributed by atoms with van der Waals surface area (Å²) >= 11 is 5.20. The van der Waals surface area contributed by atoms with Gasteiger partial charge in [0.2, 0.25) is 0 Å². The van der Waals surface area contributed by atoms with E-state index in [0.29, 0.717) is 17.2 Å². The van der Waals surface area contributed by atoms with Crippen molar-refractivity contribution >= 4 is 27.3 Å². The number of hydrogen-bond donors (Lipinski definition) is 1. The van der Waals surface area contributed by atoms with E-state index in [0.717, 1.165) is 16.6 Å². The lowest BCUT2D eigenvalue weighted by atomic mass is 10.1. The number of aryl methyl sites for hydroxylation is 2. The molecule has 102 valence electrons. The van der Waals surface area contributed by atoms with Crippen LogP contribution < -0.4 is 5.32 Å². The van der Waals surface area contributed by atoms with Crippen LogP contribution in [0.2, 0.25) is 0 Å². The van der Waals surface area contributed by atoms with E-state index >= 15 is 0 Å². The summed E-state index contributed by atoms with van der Waals surface area (Å²) in [7, 11) is 0. The molecule has 0 amide bonds. The van der Waals surface area contributed by atoms with Crippen molar-refractivity contribution < 1.29 is 4.39 Å². The average molecular weight is 342 g/mol. The Labute approximate surface area is 126 Å². The fraction of sp³-hybridized carbons (Fsp3) is 0.333. The van der Waals surface area contributed by atoms with Gasteiger partial charge in [-0.05, 0) is 59.5 Å². The molecule has 0 saturated carbocycles. The third kappa shape index (κ3) is 3.65. The normalized spacial score (nSPS) is 12.7. The monoisotopic (exact) mass is 341 g/mol. The Hall–Kier alpha value is -0.710. The van der Waals surface area contributed by atoms with Crippen molar-refractivity contribution in [2.75, 3.05) is 0 Å². The molecule has 2 aromatic rings. The second-order valence-corrected chi connectivity index (χ2v) is 6.67. The number of benzene rings is 1. The van der Waals surface area contributed by atoms with E-state index in [1.165, 1.54) is 4.88 Å². The van der Waals surface area contributed by atoms with Crippen molar-refractivity contribution in [3.8, 4) is 0 Å². The Morgan fingerprint density at radius 1 is 1.26 bits per heavy atom. The minimum absolute atomic E-state index is 0.0982. The largest absolute Gasteiger partial charge is 0.305 e. The Morgan fingerprint density at radius 2 is 1.89 bits per heavy atom. The molecular formula is C15H17BrFNS. The first kappa shape index (κ1) is 14.7. The third-order valence-corrected chi connectivity index (χ3v) is 5.00. The van der Waals surface area contributed by atoms with E-state index in [4.69, 9.17) is 0 Å². The van der Waals surface area contributed by atoms with E-state index in [1.807, 2.05) is 26.0 Å². The van der Waals surface area contributed by atoms with Gasteiger partial charge in [0.1, 0.15) is 5.82 Å². The van der Waals surface area contributed by atoms with Crippen molar-refractivity contribution in [2.24, 2.45) is 0 Å². The molecule has 19 heavy (non-hydrogen) atoms. The van der Waals surface area contributed by atoms with Crippen LogP contribution in [0, 0.1) is 19.7 Å². The Bertz CT molecular complexity index is 556. The maximum Gasteiger partial charge on any atom is 0.129 e. The summed E-state index contributed by atoms with van der Waals surface area (Å²) in [6.07, 6.45) is 0. The molecular weight excluding hydrogens is 325 g/mol. The molecule has 1 heterocycles. The highest BCUT2D eigenvalue weighted by Gasteiger charge is 2.09. The molecule has 1 unspecified atom stereocenters. The molecule has 0 aliphatic rings. The SMILES string of the molecule is Cc1cc(CNC(C)c2cc(Br)cs2)cc(C)c1F. The molecule has 0 saturated heterocycles. The highest BCUT2D eigenvalue weighted by molar-refractivity contribution is 9.10. The zero-order valence-electron chi connectivity index (χ0n) is 11.3. The minimum Gasteiger partial charge on any atom is -0.305 e. The fourth-order valence-electron chi connectivity index (χ4n) is 2.06. The average Bonchev–Trinajstić information content (AvgIpc) is 2.79. The molecule has 0 aliphatic heterocycles. The van der Waals surface area contributed by atoms with E-state index in [2.05, 4.69) is 39.6 Å². The van der Waals surface area contributed by atoms with Crippen LogP contribution in [0.3, 0.4) is 0 Å². The highest BCUT2D eigenvalue weighted by Crippen LogP contribution is 2.25. The van der Waals surface area contributed by atoms with Crippen LogP contribution >= 0.6 is 27.3 Å². The summed E-state index contributed by atoms with van der Waals surface area (Å²) in [5.41, 5.74) is 2.55. The van der Waals surface area contributed by atoms with Crippen LogP contribution in [-0.2, 0) is 6.54 Å². The Balaban J connectivity index is 2.03. The van der Waals surface area contributed by atoms with Crippen molar-refractivity contribution in [1.82, 2.24) is 5.32 Å². The van der Waals surface area contributed by atoms with Gasteiger partial charge in [-0.1, -0.05) is 12.1 Å². The van der Waals surface area contributed by atoms with Crippen molar-refractivity contribution in [3.63, 3.8) is 0 Å². The van der Waals surface area contributed by atoms with Gasteiger partial charge in [-0.15, -0.1) is 11.3 Å². The van der Waals surface area contributed by atoms with Gasteiger partial charge in [-0.3, -0.25) is 0 Å². The quantitative estimate of drug-likeness (QED) is 0.813. The zero-order chi connectivity index (χ0) is 14.0. The number of rotatable bonds is 4. The molecule has 1 N–H and O–H groups in total. The molecule has 1 aromatic carbocycles. The van der Waals surface area contributed by atoms with Gasteiger partial charge >= 0.3 is 0 Å². The zero-order valence-corrected chi connectivity index (χ0v) is 13.7. The standard InChI is InChI=1S/C15H17BrFNS/c1-9-4-12(5-10(2)15(9)17)7-18-11(3)14-6-13(16)8-19-14/h4-6,8,11,18H,7H2,1-3H3. The van der Waals surface area contributed by atoms with E-state index < -0.39 is 0 Å². The van der Waals surface area contributed by atoms with Gasteiger partial charge in [0.15, 0.2) is 0 Å². The van der Waals surface area contributed by atoms with E-state index in [9.17, 15) is 4.39 Å². The number of hydrogen-bond acceptors (Lipinski definition) is 2. The molecule has 0 fully saturated rings. The number of nitrogens with one attached hydrogen (secondary N) is 1. The molecule has 1 aromatic heterocycles. The first-order valence-corrected chi connectivity index (χ1v) is 7.87. The van der Waals surface area contributed by atoms with E-state index in [1.54, 1.807) is 11.3 Å². The van der Waals surface area contributed by atoms with Crippen LogP contribution in [0.1, 0.15) is 34.5 Å². The Morgan fingerprint density at radius 3 is 2.42 bits per heavy atom. The van der Waals surface area contributed by atoms with Gasteiger partial charge in [0.05, 0.1) is 0 Å².